The maximum absolute atomic E-state index is 12.2. The molecule has 0 aromatic rings. The predicted octanol–water partition coefficient (Wildman–Crippen LogP) is 0.286. The highest BCUT2D eigenvalue weighted by atomic mass is 19.4. The van der Waals surface area contributed by atoms with Crippen molar-refractivity contribution < 1.29 is 22.8 Å². The number of hydrogen-bond acceptors (Lipinski definition) is 2. The molecule has 15 heavy (non-hydrogen) atoms. The fourth-order valence-electron chi connectivity index (χ4n) is 1.41. The van der Waals surface area contributed by atoms with Gasteiger partial charge in [-0.05, 0) is 13.8 Å². The van der Waals surface area contributed by atoms with Crippen LogP contribution in [0, 0.1) is 0 Å². The molecule has 1 saturated heterocycles. The molecule has 1 aliphatic heterocycles. The summed E-state index contributed by atoms with van der Waals surface area (Å²) >= 11 is 0. The van der Waals surface area contributed by atoms with E-state index in [-0.39, 0.29) is 13.1 Å². The largest absolute Gasteiger partial charge is 0.471 e. The first-order valence-electron chi connectivity index (χ1n) is 4.34. The Hall–Kier alpha value is -1.27. The minimum atomic E-state index is -4.94. The molecule has 2 amide bonds. The van der Waals surface area contributed by atoms with Crippen molar-refractivity contribution in [3.05, 3.63) is 0 Å². The van der Waals surface area contributed by atoms with Crippen LogP contribution in [0.3, 0.4) is 0 Å². The van der Waals surface area contributed by atoms with Crippen LogP contribution in [0.2, 0.25) is 0 Å². The zero-order valence-electron chi connectivity index (χ0n) is 8.31. The molecule has 1 fully saturated rings. The van der Waals surface area contributed by atoms with E-state index < -0.39 is 23.5 Å². The van der Waals surface area contributed by atoms with Gasteiger partial charge in [0.2, 0.25) is 5.91 Å². The topological polar surface area (TPSA) is 49.4 Å². The second-order valence-corrected chi connectivity index (χ2v) is 3.77. The maximum Gasteiger partial charge on any atom is 0.471 e. The van der Waals surface area contributed by atoms with E-state index in [4.69, 9.17) is 0 Å². The van der Waals surface area contributed by atoms with Crippen LogP contribution in [0.4, 0.5) is 13.2 Å². The van der Waals surface area contributed by atoms with Gasteiger partial charge < -0.3 is 10.2 Å². The molecule has 0 radical (unpaired) electrons. The van der Waals surface area contributed by atoms with Gasteiger partial charge in [-0.3, -0.25) is 9.59 Å². The first-order chi connectivity index (χ1) is 6.67. The lowest BCUT2D eigenvalue weighted by Gasteiger charge is -2.41. The van der Waals surface area contributed by atoms with Gasteiger partial charge in [-0.15, -0.1) is 0 Å². The molecular weight excluding hydrogens is 213 g/mol. The number of carbonyl (C=O) groups excluding carboxylic acids is 2. The van der Waals surface area contributed by atoms with Gasteiger partial charge in [0.1, 0.15) is 5.54 Å². The Morgan fingerprint density at radius 2 is 2.00 bits per heavy atom. The summed E-state index contributed by atoms with van der Waals surface area (Å²) < 4.78 is 36.5. The van der Waals surface area contributed by atoms with E-state index in [2.05, 4.69) is 5.32 Å². The van der Waals surface area contributed by atoms with Gasteiger partial charge >= 0.3 is 12.1 Å². The van der Waals surface area contributed by atoms with E-state index in [0.717, 1.165) is 0 Å². The number of amides is 2. The second-order valence-electron chi connectivity index (χ2n) is 3.77. The highest BCUT2D eigenvalue weighted by Gasteiger charge is 2.50. The van der Waals surface area contributed by atoms with Crippen molar-refractivity contribution in [3.8, 4) is 0 Å². The Morgan fingerprint density at radius 3 is 2.47 bits per heavy atom. The lowest BCUT2D eigenvalue weighted by Crippen LogP contribution is -2.65. The lowest BCUT2D eigenvalue weighted by molar-refractivity contribution is -0.193. The first kappa shape index (κ1) is 11.8. The highest BCUT2D eigenvalue weighted by Crippen LogP contribution is 2.25. The molecule has 4 nitrogen and oxygen atoms in total. The molecule has 86 valence electrons. The van der Waals surface area contributed by atoms with E-state index in [9.17, 15) is 22.8 Å². The summed E-state index contributed by atoms with van der Waals surface area (Å²) in [5.74, 6) is -2.55. The summed E-state index contributed by atoms with van der Waals surface area (Å²) in [4.78, 5) is 22.8. The number of rotatable bonds is 0. The number of piperazine rings is 1. The molecule has 7 heteroatoms. The van der Waals surface area contributed by atoms with E-state index in [0.29, 0.717) is 4.90 Å². The highest BCUT2D eigenvalue weighted by molar-refractivity contribution is 5.93. The molecule has 0 bridgehead atoms. The Kier molecular flexibility index (Phi) is 2.67. The minimum Gasteiger partial charge on any atom is -0.352 e. The van der Waals surface area contributed by atoms with E-state index in [1.807, 2.05) is 0 Å². The summed E-state index contributed by atoms with van der Waals surface area (Å²) in [5.41, 5.74) is -1.45. The van der Waals surface area contributed by atoms with Crippen LogP contribution in [0.15, 0.2) is 0 Å². The normalized spacial score (nSPS) is 21.1. The Labute approximate surface area is 84.4 Å². The summed E-state index contributed by atoms with van der Waals surface area (Å²) in [6, 6.07) is 0. The monoisotopic (exact) mass is 224 g/mol. The predicted molar refractivity (Wildman–Crippen MR) is 44.9 cm³/mol. The van der Waals surface area contributed by atoms with Crippen LogP contribution in [-0.4, -0.2) is 41.5 Å². The molecule has 0 aromatic carbocycles. The van der Waals surface area contributed by atoms with Crippen molar-refractivity contribution in [2.75, 3.05) is 13.1 Å². The molecule has 0 spiro atoms. The zero-order chi connectivity index (χ0) is 11.9. The van der Waals surface area contributed by atoms with Crippen LogP contribution >= 0.6 is 0 Å². The third-order valence-electron chi connectivity index (χ3n) is 2.34. The van der Waals surface area contributed by atoms with Crippen LogP contribution in [-0.2, 0) is 9.59 Å². The number of nitrogens with zero attached hydrogens (tertiary/aromatic N) is 1. The quantitative estimate of drug-likeness (QED) is 0.642. The van der Waals surface area contributed by atoms with Crippen molar-refractivity contribution in [1.29, 1.82) is 0 Å². The van der Waals surface area contributed by atoms with Crippen molar-refractivity contribution in [2.24, 2.45) is 0 Å². The van der Waals surface area contributed by atoms with Gasteiger partial charge in [-0.25, -0.2) is 0 Å². The standard InChI is InChI=1S/C8H11F3N2O2/c1-7(2)5(14)12-3-4-13(7)6(15)8(9,10)11/h3-4H2,1-2H3,(H,12,14). The average molecular weight is 224 g/mol. The molecular formula is C8H11F3N2O2. The van der Waals surface area contributed by atoms with Crippen LogP contribution in [0.1, 0.15) is 13.8 Å². The van der Waals surface area contributed by atoms with Gasteiger partial charge in [-0.1, -0.05) is 0 Å². The molecule has 0 aliphatic carbocycles. The summed E-state index contributed by atoms with van der Waals surface area (Å²) in [5, 5.41) is 2.41. The summed E-state index contributed by atoms with van der Waals surface area (Å²) in [6.07, 6.45) is -4.94. The fourth-order valence-corrected chi connectivity index (χ4v) is 1.41. The number of halogens is 3. The number of alkyl halides is 3. The Bertz CT molecular complexity index is 299. The number of carbonyl (C=O) groups is 2. The molecule has 1 heterocycles. The molecule has 0 unspecified atom stereocenters. The van der Waals surface area contributed by atoms with Crippen molar-refractivity contribution in [3.63, 3.8) is 0 Å². The first-order valence-corrected chi connectivity index (χ1v) is 4.34. The van der Waals surface area contributed by atoms with Gasteiger partial charge in [0.25, 0.3) is 0 Å². The van der Waals surface area contributed by atoms with Gasteiger partial charge in [-0.2, -0.15) is 13.2 Å². The van der Waals surface area contributed by atoms with Crippen molar-refractivity contribution >= 4 is 11.8 Å². The van der Waals surface area contributed by atoms with Crippen LogP contribution < -0.4 is 5.32 Å². The third-order valence-corrected chi connectivity index (χ3v) is 2.34. The Balaban J connectivity index is 2.95. The number of nitrogens with one attached hydrogen (secondary N) is 1. The third kappa shape index (κ3) is 2.05. The van der Waals surface area contributed by atoms with Gasteiger partial charge in [0, 0.05) is 13.1 Å². The average Bonchev–Trinajstić information content (AvgIpc) is 2.07. The van der Waals surface area contributed by atoms with E-state index in [1.54, 1.807) is 0 Å². The van der Waals surface area contributed by atoms with E-state index in [1.165, 1.54) is 13.8 Å². The fraction of sp³-hybridized carbons (Fsp3) is 0.750. The van der Waals surface area contributed by atoms with Crippen molar-refractivity contribution in [1.82, 2.24) is 10.2 Å². The van der Waals surface area contributed by atoms with Crippen LogP contribution in [0.5, 0.6) is 0 Å². The maximum atomic E-state index is 12.2. The summed E-state index contributed by atoms with van der Waals surface area (Å²) in [6.45, 7) is 2.48. The van der Waals surface area contributed by atoms with Gasteiger partial charge in [0.05, 0.1) is 0 Å². The lowest BCUT2D eigenvalue weighted by atomic mass is 9.99. The zero-order valence-corrected chi connectivity index (χ0v) is 8.31. The smallest absolute Gasteiger partial charge is 0.352 e. The van der Waals surface area contributed by atoms with Crippen LogP contribution in [0.25, 0.3) is 0 Å². The van der Waals surface area contributed by atoms with Gasteiger partial charge in [0.15, 0.2) is 0 Å². The molecule has 1 aliphatic rings. The minimum absolute atomic E-state index is 0.0457. The molecule has 0 aromatic heterocycles. The molecule has 0 saturated carbocycles. The molecule has 1 N–H and O–H groups in total. The Morgan fingerprint density at radius 1 is 1.47 bits per heavy atom. The molecule has 1 rings (SSSR count). The number of hydrogen-bond donors (Lipinski definition) is 1. The second kappa shape index (κ2) is 3.39. The molecule has 0 atom stereocenters. The van der Waals surface area contributed by atoms with Crippen molar-refractivity contribution in [2.45, 2.75) is 25.6 Å². The van der Waals surface area contributed by atoms with E-state index >= 15 is 0 Å². The summed E-state index contributed by atoms with van der Waals surface area (Å²) in [7, 11) is 0. The SMILES string of the molecule is CC1(C)C(=O)NCCN1C(=O)C(F)(F)F.